The molecule has 19 nitrogen and oxygen atoms in total. The van der Waals surface area contributed by atoms with Gasteiger partial charge in [0.15, 0.2) is 22.2 Å². The third kappa shape index (κ3) is 30.9. The van der Waals surface area contributed by atoms with E-state index in [2.05, 4.69) is 0 Å². The number of likely N-dealkylation sites (N-methyl/N-ethyl adjacent to an activating group) is 1. The van der Waals surface area contributed by atoms with Crippen LogP contribution in [0, 0.1) is 0 Å². The van der Waals surface area contributed by atoms with E-state index in [0.717, 1.165) is 77.0 Å². The third-order valence-electron chi connectivity index (χ3n) is 10.8. The maximum Gasteiger partial charge on any atom is 1.00 e. The molecule has 0 saturated carbocycles. The van der Waals surface area contributed by atoms with E-state index in [4.69, 9.17) is 42.6 Å². The molecule has 0 aromatic carbocycles. The fourth-order valence-corrected chi connectivity index (χ4v) is 8.81. The number of nitrogens with one attached hydrogen (secondary N) is 1. The predicted octanol–water partition coefficient (Wildman–Crippen LogP) is 2.52. The summed E-state index contributed by atoms with van der Waals surface area (Å²) in [6.45, 7) is 2.11. The van der Waals surface area contributed by atoms with Crippen molar-refractivity contribution in [2.45, 2.75) is 179 Å². The average molecular weight is 982 g/mol. The summed E-state index contributed by atoms with van der Waals surface area (Å²) in [7, 11) is -3.34. The molecule has 2 fully saturated rings. The molecule has 0 aromatic heterocycles. The summed E-state index contributed by atoms with van der Waals surface area (Å²) >= 11 is 0. The summed E-state index contributed by atoms with van der Waals surface area (Å²) in [5.74, 6) is -2.29. The number of phosphoric ester groups is 1. The van der Waals surface area contributed by atoms with E-state index >= 15 is 0 Å². The molecule has 374 valence electrons. The molecule has 2 heterocycles. The Morgan fingerprint density at radius 3 is 2.06 bits per heavy atom. The number of rotatable bonds is 38. The summed E-state index contributed by atoms with van der Waals surface area (Å²) in [6.07, 6.45) is 20.4. The van der Waals surface area contributed by atoms with Crippen LogP contribution in [0.2, 0.25) is 0 Å². The molecule has 0 spiro atoms. The molecular weight excluding hydrogens is 903 g/mol. The maximum atomic E-state index is 12.5. The molecule has 65 heavy (non-hydrogen) atoms. The van der Waals surface area contributed by atoms with Crippen molar-refractivity contribution in [2.24, 2.45) is 0 Å². The fourth-order valence-electron chi connectivity index (χ4n) is 7.52. The van der Waals surface area contributed by atoms with Crippen LogP contribution in [-0.4, -0.2) is 149 Å². The van der Waals surface area contributed by atoms with E-state index < -0.39 is 61.2 Å². The number of allylic oxidation sites excluding steroid dienone is 1. The molecule has 2 bridgehead atoms. The number of carbonyl (C=O) groups excluding carboxylic acids is 3. The first-order chi connectivity index (χ1) is 30.2. The van der Waals surface area contributed by atoms with E-state index in [1.54, 1.807) is 10.8 Å². The topological polar surface area (TPSA) is 252 Å². The monoisotopic (exact) mass is 981 g/mol. The number of nitrogens with zero attached hydrogens (tertiary/aromatic N) is 1. The molecule has 22 heteroatoms. The first-order valence-electron chi connectivity index (χ1n) is 23.1. The second-order valence-corrected chi connectivity index (χ2v) is 20.5. The number of hydrogen-bond acceptors (Lipinski definition) is 16. The van der Waals surface area contributed by atoms with Gasteiger partial charge in [-0.15, -0.1) is 0 Å². The molecule has 2 aliphatic heterocycles. The fraction of sp³-hybridized carbons (Fsp3) is 0.884. The molecule has 0 radical (unpaired) electrons. The van der Waals surface area contributed by atoms with Crippen LogP contribution in [0.3, 0.4) is 0 Å². The van der Waals surface area contributed by atoms with E-state index in [1.165, 1.54) is 52.0 Å². The van der Waals surface area contributed by atoms with Crippen molar-refractivity contribution < 1.29 is 113 Å². The van der Waals surface area contributed by atoms with Crippen LogP contribution in [0.5, 0.6) is 0 Å². The zero-order valence-electron chi connectivity index (χ0n) is 40.0. The Kier molecular flexibility index (Phi) is 31.9. The zero-order chi connectivity index (χ0) is 47.5. The third-order valence-corrected chi connectivity index (χ3v) is 12.4. The molecule has 2 saturated heterocycles. The molecule has 3 N–H and O–H groups in total. The molecule has 2 aliphatic rings. The summed E-state index contributed by atoms with van der Waals surface area (Å²) in [4.78, 5) is 45.8. The number of esters is 3. The van der Waals surface area contributed by atoms with Crippen molar-refractivity contribution in [3.8, 4) is 0 Å². The van der Waals surface area contributed by atoms with Crippen LogP contribution in [-0.2, 0) is 66.7 Å². The van der Waals surface area contributed by atoms with Crippen LogP contribution in [0.1, 0.15) is 142 Å². The van der Waals surface area contributed by atoms with Crippen LogP contribution in [0.4, 0.5) is 0 Å². The van der Waals surface area contributed by atoms with Crippen molar-refractivity contribution in [1.82, 2.24) is 4.72 Å². The minimum Gasteiger partial charge on any atom is -0.735 e. The quantitative estimate of drug-likeness (QED) is 0.0117. The Morgan fingerprint density at radius 1 is 0.862 bits per heavy atom. The van der Waals surface area contributed by atoms with Gasteiger partial charge in [-0.3, -0.25) is 18.6 Å². The number of ether oxygens (including phenoxy) is 6. The summed E-state index contributed by atoms with van der Waals surface area (Å²) < 4.78 is 91.3. The number of hydrogen-bond donors (Lipinski definition) is 3. The number of aliphatic hydroxyl groups excluding tert-OH is 1. The number of fused-ring (bicyclic) bond motifs is 2. The van der Waals surface area contributed by atoms with Crippen molar-refractivity contribution in [1.29, 1.82) is 0 Å². The Morgan fingerprint density at radius 2 is 1.48 bits per heavy atom. The van der Waals surface area contributed by atoms with Gasteiger partial charge in [-0.25, -0.2) is 22.5 Å². The van der Waals surface area contributed by atoms with E-state index in [1.807, 2.05) is 21.1 Å². The minimum absolute atomic E-state index is 0. The van der Waals surface area contributed by atoms with Gasteiger partial charge in [0.25, 0.3) is 0 Å². The van der Waals surface area contributed by atoms with E-state index in [0.29, 0.717) is 36.9 Å². The van der Waals surface area contributed by atoms with E-state index in [-0.39, 0.29) is 73.7 Å². The SMILES string of the molecule is CC(=O)OCC(COP(=O)(O)OCC[N+](C)(C)C)OC(=O)/C=C/CCCCC[C@H]1O[C@]2(CCCCCCCCCCCCCCOCC(CO)NS(=O)(=O)[O-])CC[C@@H](OC(C)=O)[C@@H]1O2.[Na+]. The molecule has 2 rings (SSSR count). The molecule has 3 unspecified atom stereocenters. The number of quaternary nitrogens is 1. The first kappa shape index (κ1) is 61.9. The number of unbranched alkanes of at least 4 members (excludes halogenated alkanes) is 14. The standard InChI is InChI=1S/C43H79N2O17PS.Na/c1-35(47)56-33-38(34-58-63(50,51)57-30-28-45(3,4)5)60-41(49)24-20-16-14-15-19-23-40-42-39(59-36(2)48)25-27-43(61-40,62-42)26-21-17-12-10-8-6-7-9-11-13-18-22-29-55-32-37(31-46)44-64(52,53)54;/h20,24,37-40,42,44,46H,6-19,21-23,25-34H2,1-5H3,(H-,50,51,52,53,54);/q;+1/b24-20+;/t37?,38?,39-,40-,42+,43+;/m1./s1. The first-order valence-corrected chi connectivity index (χ1v) is 26.0. The Bertz CT molecular complexity index is 1540. The average Bonchev–Trinajstić information content (AvgIpc) is 3.49. The van der Waals surface area contributed by atoms with E-state index in [9.17, 15) is 36.8 Å². The van der Waals surface area contributed by atoms with Crippen molar-refractivity contribution >= 4 is 36.0 Å². The smallest absolute Gasteiger partial charge is 0.735 e. The second kappa shape index (κ2) is 33.5. The predicted molar refractivity (Wildman–Crippen MR) is 235 cm³/mol. The van der Waals surface area contributed by atoms with Crippen molar-refractivity contribution in [2.75, 3.05) is 67.3 Å². The van der Waals surface area contributed by atoms with Gasteiger partial charge in [-0.1, -0.05) is 83.1 Å². The summed E-state index contributed by atoms with van der Waals surface area (Å²) in [5.41, 5.74) is 0. The van der Waals surface area contributed by atoms with Gasteiger partial charge in [0.05, 0.1) is 53.1 Å². The molecule has 0 aromatic rings. The van der Waals surface area contributed by atoms with Gasteiger partial charge >= 0.3 is 55.3 Å². The summed E-state index contributed by atoms with van der Waals surface area (Å²) in [6, 6.07) is -0.919. The van der Waals surface area contributed by atoms with Gasteiger partial charge in [-0.05, 0) is 38.5 Å². The number of phosphoric acid groups is 1. The summed E-state index contributed by atoms with van der Waals surface area (Å²) in [5, 5.41) is 9.13. The van der Waals surface area contributed by atoms with Crippen LogP contribution in [0.15, 0.2) is 12.2 Å². The Balaban J connectivity index is 0.0000211. The molecular formula is C43H79N2NaO17PS+. The largest absolute Gasteiger partial charge is 1.00 e. The Labute approximate surface area is 410 Å². The second-order valence-electron chi connectivity index (χ2n) is 17.9. The Hall–Kier alpha value is -1.07. The van der Waals surface area contributed by atoms with Gasteiger partial charge in [0.1, 0.15) is 32.0 Å². The van der Waals surface area contributed by atoms with Crippen molar-refractivity contribution in [3.63, 3.8) is 0 Å². The van der Waals surface area contributed by atoms with Crippen LogP contribution in [0.25, 0.3) is 0 Å². The van der Waals surface area contributed by atoms with Gasteiger partial charge in [0, 0.05) is 39.4 Å². The van der Waals surface area contributed by atoms with Crippen LogP contribution >= 0.6 is 7.82 Å². The minimum atomic E-state index is -4.62. The van der Waals surface area contributed by atoms with Crippen molar-refractivity contribution in [3.05, 3.63) is 12.2 Å². The number of carbonyl (C=O) groups is 3. The van der Waals surface area contributed by atoms with Gasteiger partial charge in [-0.2, -0.15) is 0 Å². The molecule has 0 amide bonds. The normalized spacial score (nSPS) is 21.6. The maximum absolute atomic E-state index is 12.5. The molecule has 0 aliphatic carbocycles. The van der Waals surface area contributed by atoms with Crippen LogP contribution < -0.4 is 34.3 Å². The van der Waals surface area contributed by atoms with Gasteiger partial charge < -0.3 is 47.5 Å². The van der Waals surface area contributed by atoms with Gasteiger partial charge in [0.2, 0.25) is 0 Å². The molecule has 7 atom stereocenters. The zero-order valence-corrected chi connectivity index (χ0v) is 43.7. The number of aliphatic hydroxyl groups is 1.